The van der Waals surface area contributed by atoms with Crippen LogP contribution in [0.5, 0.6) is 0 Å². The lowest BCUT2D eigenvalue weighted by Crippen LogP contribution is -2.23. The van der Waals surface area contributed by atoms with Gasteiger partial charge >= 0.3 is 0 Å². The van der Waals surface area contributed by atoms with Crippen molar-refractivity contribution >= 4 is 39.9 Å². The van der Waals surface area contributed by atoms with E-state index < -0.39 is 5.97 Å². The number of thiazole rings is 1. The lowest BCUT2D eigenvalue weighted by atomic mass is 10.1. The van der Waals surface area contributed by atoms with Crippen LogP contribution in [0.4, 0.5) is 0 Å². The number of aliphatic carboxylic acids is 1. The summed E-state index contributed by atoms with van der Waals surface area (Å²) in [6.45, 7) is 3.08. The van der Waals surface area contributed by atoms with Crippen LogP contribution in [0.3, 0.4) is 0 Å². The van der Waals surface area contributed by atoms with Gasteiger partial charge in [-0.25, -0.2) is 0 Å². The Bertz CT molecular complexity index is 1550. The van der Waals surface area contributed by atoms with E-state index in [0.29, 0.717) is 31.9 Å². The summed E-state index contributed by atoms with van der Waals surface area (Å²) >= 11 is 7.22. The van der Waals surface area contributed by atoms with E-state index in [1.54, 1.807) is 6.08 Å². The van der Waals surface area contributed by atoms with Crippen LogP contribution in [0.25, 0.3) is 33.7 Å². The number of fused-ring (bicyclic) bond motifs is 1. The van der Waals surface area contributed by atoms with E-state index in [1.807, 2.05) is 67.6 Å². The van der Waals surface area contributed by atoms with Crippen LogP contribution in [-0.4, -0.2) is 25.7 Å². The third-order valence-corrected chi connectivity index (χ3v) is 5.81. The van der Waals surface area contributed by atoms with E-state index in [-0.39, 0.29) is 5.56 Å². The molecule has 0 bridgehead atoms. The Kier molecular flexibility index (Phi) is 6.39. The molecule has 0 aliphatic rings. The molecule has 33 heavy (non-hydrogen) atoms. The minimum atomic E-state index is -0.833. The minimum absolute atomic E-state index is 0.207. The molecule has 0 atom stereocenters. The van der Waals surface area contributed by atoms with Gasteiger partial charge in [0.2, 0.25) is 4.96 Å². The van der Waals surface area contributed by atoms with E-state index in [1.165, 1.54) is 15.9 Å². The van der Waals surface area contributed by atoms with Crippen molar-refractivity contribution in [1.29, 1.82) is 0 Å². The number of carboxylic acid groups (broad SMARTS) is 1. The molecule has 2 aromatic carbocycles. The van der Waals surface area contributed by atoms with Crippen molar-refractivity contribution in [2.45, 2.75) is 13.8 Å². The van der Waals surface area contributed by atoms with Gasteiger partial charge in [-0.1, -0.05) is 47.2 Å². The van der Waals surface area contributed by atoms with Gasteiger partial charge < -0.3 is 9.52 Å². The number of carbonyl (C=O) groups is 1. The van der Waals surface area contributed by atoms with Crippen LogP contribution in [-0.2, 0) is 4.79 Å². The molecule has 0 unspecified atom stereocenters. The summed E-state index contributed by atoms with van der Waals surface area (Å²) in [4.78, 5) is 26.9. The zero-order valence-corrected chi connectivity index (χ0v) is 19.2. The largest absolute Gasteiger partial charge is 0.481 e. The third kappa shape index (κ3) is 5.02. The fourth-order valence-corrected chi connectivity index (χ4v) is 4.11. The highest BCUT2D eigenvalue weighted by molar-refractivity contribution is 7.15. The third-order valence-electron chi connectivity index (χ3n) is 4.60. The number of benzene rings is 2. The fraction of sp³-hybridized carbons (Fsp3) is 0.0833. The monoisotopic (exact) mass is 479 g/mol. The van der Waals surface area contributed by atoms with Gasteiger partial charge in [0.05, 0.1) is 0 Å². The number of halogens is 1. The van der Waals surface area contributed by atoms with Crippen LogP contribution in [0.1, 0.15) is 18.2 Å². The normalized spacial score (nSPS) is 11.4. The number of hydrogen-bond acceptors (Lipinski definition) is 6. The van der Waals surface area contributed by atoms with E-state index >= 15 is 0 Å². The zero-order valence-electron chi connectivity index (χ0n) is 17.7. The van der Waals surface area contributed by atoms with Gasteiger partial charge in [0, 0.05) is 29.1 Å². The molecule has 0 aliphatic heterocycles. The molecule has 3 aromatic heterocycles. The predicted molar refractivity (Wildman–Crippen MR) is 129 cm³/mol. The summed E-state index contributed by atoms with van der Waals surface area (Å²) < 4.78 is 7.74. The molecule has 0 aliphatic carbocycles. The number of hydrogen-bond donors (Lipinski definition) is 1. The van der Waals surface area contributed by atoms with E-state index in [0.717, 1.165) is 23.6 Å². The molecule has 5 aromatic rings. The van der Waals surface area contributed by atoms with Crippen LogP contribution in [0.15, 0.2) is 69.9 Å². The molecule has 9 heteroatoms. The predicted octanol–water partition coefficient (Wildman–Crippen LogP) is 4.68. The lowest BCUT2D eigenvalue weighted by molar-refractivity contribution is -0.134. The first-order valence-corrected chi connectivity index (χ1v) is 11.0. The van der Waals surface area contributed by atoms with Crippen molar-refractivity contribution in [3.05, 3.63) is 91.9 Å². The first-order chi connectivity index (χ1) is 15.8. The second-order valence-electron chi connectivity index (χ2n) is 7.09. The standard InChI is InChI=1S/C22H14ClN3O2S.C2H4O2/c1-13-4-2-3-5-17(13)20-24-22-26(25-20)21(27)19(29-22)12-16-10-11-18(28-16)14-6-8-15(23)9-7-14;1-2(3)4/h2-12H,1H3;1H3,(H,3,4)/b19-12-;. The maximum Gasteiger partial charge on any atom is 0.300 e. The van der Waals surface area contributed by atoms with Crippen molar-refractivity contribution in [3.8, 4) is 22.7 Å². The molecule has 166 valence electrons. The second kappa shape index (κ2) is 9.40. The number of aromatic nitrogens is 3. The van der Waals surface area contributed by atoms with Gasteiger partial charge in [-0.3, -0.25) is 9.59 Å². The zero-order chi connectivity index (χ0) is 23.5. The summed E-state index contributed by atoms with van der Waals surface area (Å²) in [6, 6.07) is 18.9. The van der Waals surface area contributed by atoms with Crippen LogP contribution >= 0.6 is 22.9 Å². The molecular formula is C24H18ClN3O4S. The fourth-order valence-electron chi connectivity index (χ4n) is 3.10. The highest BCUT2D eigenvalue weighted by Crippen LogP contribution is 2.24. The molecule has 7 nitrogen and oxygen atoms in total. The Morgan fingerprint density at radius 1 is 1.12 bits per heavy atom. The lowest BCUT2D eigenvalue weighted by Gasteiger charge is -1.98. The topological polar surface area (TPSA) is 97.7 Å². The Morgan fingerprint density at radius 2 is 1.82 bits per heavy atom. The molecule has 5 rings (SSSR count). The van der Waals surface area contributed by atoms with Crippen LogP contribution in [0, 0.1) is 6.92 Å². The van der Waals surface area contributed by atoms with Gasteiger partial charge in [0.25, 0.3) is 11.5 Å². The summed E-state index contributed by atoms with van der Waals surface area (Å²) in [5, 5.41) is 12.5. The molecule has 1 N–H and O–H groups in total. The average Bonchev–Trinajstić information content (AvgIpc) is 3.46. The van der Waals surface area contributed by atoms with E-state index in [4.69, 9.17) is 25.9 Å². The molecule has 0 fully saturated rings. The quantitative estimate of drug-likeness (QED) is 0.403. The van der Waals surface area contributed by atoms with Gasteiger partial charge in [-0.15, -0.1) is 5.10 Å². The summed E-state index contributed by atoms with van der Waals surface area (Å²) in [5.41, 5.74) is 2.70. The highest BCUT2D eigenvalue weighted by atomic mass is 35.5. The minimum Gasteiger partial charge on any atom is -0.481 e. The van der Waals surface area contributed by atoms with Crippen molar-refractivity contribution in [2.75, 3.05) is 0 Å². The summed E-state index contributed by atoms with van der Waals surface area (Å²) in [7, 11) is 0. The summed E-state index contributed by atoms with van der Waals surface area (Å²) in [6.07, 6.45) is 1.72. The average molecular weight is 480 g/mol. The SMILES string of the molecule is CC(=O)O.Cc1ccccc1-c1nc2s/c(=C\c3ccc(-c4ccc(Cl)cc4)o3)c(=O)n2n1. The number of furan rings is 1. The molecule has 0 saturated heterocycles. The molecule has 0 radical (unpaired) electrons. The van der Waals surface area contributed by atoms with Crippen molar-refractivity contribution < 1.29 is 14.3 Å². The van der Waals surface area contributed by atoms with Crippen LogP contribution in [0.2, 0.25) is 5.02 Å². The smallest absolute Gasteiger partial charge is 0.300 e. The molecule has 3 heterocycles. The van der Waals surface area contributed by atoms with Crippen molar-refractivity contribution in [3.63, 3.8) is 0 Å². The number of carboxylic acids is 1. The van der Waals surface area contributed by atoms with Crippen molar-refractivity contribution in [1.82, 2.24) is 14.6 Å². The van der Waals surface area contributed by atoms with E-state index in [2.05, 4.69) is 10.1 Å². The highest BCUT2D eigenvalue weighted by Gasteiger charge is 2.13. The Balaban J connectivity index is 0.000000601. The Morgan fingerprint density at radius 3 is 2.48 bits per heavy atom. The summed E-state index contributed by atoms with van der Waals surface area (Å²) in [5.74, 6) is 1.03. The van der Waals surface area contributed by atoms with Crippen LogP contribution < -0.4 is 10.1 Å². The number of aryl methyl sites for hydroxylation is 1. The van der Waals surface area contributed by atoms with Gasteiger partial charge in [0.1, 0.15) is 16.1 Å². The maximum absolute atomic E-state index is 12.8. The van der Waals surface area contributed by atoms with Gasteiger partial charge in [0.15, 0.2) is 5.82 Å². The number of nitrogens with zero attached hydrogens (tertiary/aromatic N) is 3. The first-order valence-electron chi connectivity index (χ1n) is 9.84. The molecule has 0 amide bonds. The first kappa shape index (κ1) is 22.4. The van der Waals surface area contributed by atoms with Crippen molar-refractivity contribution in [2.24, 2.45) is 0 Å². The van der Waals surface area contributed by atoms with E-state index in [9.17, 15) is 4.79 Å². The van der Waals surface area contributed by atoms with Gasteiger partial charge in [-0.05, 0) is 48.9 Å². The Labute approximate surface area is 197 Å². The molecule has 0 spiro atoms. The maximum atomic E-state index is 12.8. The second-order valence-corrected chi connectivity index (χ2v) is 8.53. The number of rotatable bonds is 3. The molecule has 0 saturated carbocycles. The molecular weight excluding hydrogens is 462 g/mol. The van der Waals surface area contributed by atoms with Gasteiger partial charge in [-0.2, -0.15) is 9.50 Å². The Hall–Kier alpha value is -3.75.